The maximum atomic E-state index is 10.3. The Hall–Kier alpha value is -0.570. The topological polar surface area (TPSA) is 57.5 Å². The molecule has 2 N–H and O–H groups in total. The van der Waals surface area contributed by atoms with E-state index in [1.807, 2.05) is 0 Å². The van der Waals surface area contributed by atoms with Gasteiger partial charge >= 0.3 is 5.97 Å². The van der Waals surface area contributed by atoms with E-state index in [1.165, 1.54) is 116 Å². The summed E-state index contributed by atoms with van der Waals surface area (Å²) in [5, 5.41) is 17.0. The zero-order valence-corrected chi connectivity index (χ0v) is 20.1. The Labute approximate surface area is 183 Å². The molecular weight excluding hydrogens is 360 g/mol. The van der Waals surface area contributed by atoms with Crippen LogP contribution >= 0.6 is 0 Å². The Balaban J connectivity index is 0. The summed E-state index contributed by atoms with van der Waals surface area (Å²) in [6.45, 7) is 4.87. The highest BCUT2D eigenvalue weighted by molar-refractivity contribution is 5.66. The van der Waals surface area contributed by atoms with Gasteiger partial charge in [0.15, 0.2) is 0 Å². The second kappa shape index (κ2) is 29.6. The van der Waals surface area contributed by atoms with E-state index in [0.717, 1.165) is 19.3 Å². The molecule has 0 aliphatic heterocycles. The molecule has 0 bridgehead atoms. The van der Waals surface area contributed by atoms with Crippen LogP contribution in [-0.2, 0) is 4.79 Å². The van der Waals surface area contributed by atoms with Gasteiger partial charge in [-0.05, 0) is 12.8 Å². The molecule has 0 spiro atoms. The first-order valence-corrected chi connectivity index (χ1v) is 13.0. The summed E-state index contributed by atoms with van der Waals surface area (Å²) in [6, 6.07) is 0. The molecule has 0 atom stereocenters. The van der Waals surface area contributed by atoms with Crippen LogP contribution in [0, 0.1) is 0 Å². The van der Waals surface area contributed by atoms with E-state index >= 15 is 0 Å². The van der Waals surface area contributed by atoms with Crippen molar-refractivity contribution in [1.82, 2.24) is 0 Å². The molecule has 0 fully saturated rings. The number of hydrogen-bond acceptors (Lipinski definition) is 2. The van der Waals surface area contributed by atoms with Crippen LogP contribution in [0.15, 0.2) is 0 Å². The van der Waals surface area contributed by atoms with Crippen LogP contribution in [0.1, 0.15) is 155 Å². The fraction of sp³-hybridized carbons (Fsp3) is 0.962. The third kappa shape index (κ3) is 35.3. The molecule has 0 aliphatic rings. The predicted octanol–water partition coefficient (Wildman–Crippen LogP) is 8.67. The van der Waals surface area contributed by atoms with E-state index in [4.69, 9.17) is 10.2 Å². The molecule has 3 heteroatoms. The molecule has 3 nitrogen and oxygen atoms in total. The number of carboxylic acids is 1. The van der Waals surface area contributed by atoms with Gasteiger partial charge in [0.05, 0.1) is 0 Å². The van der Waals surface area contributed by atoms with Crippen molar-refractivity contribution < 1.29 is 15.0 Å². The van der Waals surface area contributed by atoms with Crippen molar-refractivity contribution in [3.05, 3.63) is 0 Å². The number of aliphatic hydroxyl groups excluding tert-OH is 1. The van der Waals surface area contributed by atoms with E-state index in [2.05, 4.69) is 13.8 Å². The van der Waals surface area contributed by atoms with Gasteiger partial charge in [0, 0.05) is 13.0 Å². The molecule has 0 saturated carbocycles. The van der Waals surface area contributed by atoms with E-state index in [0.29, 0.717) is 13.0 Å². The van der Waals surface area contributed by atoms with Crippen molar-refractivity contribution in [3.63, 3.8) is 0 Å². The van der Waals surface area contributed by atoms with Crippen LogP contribution in [-0.4, -0.2) is 22.8 Å². The summed E-state index contributed by atoms with van der Waals surface area (Å²) in [6.07, 6.45) is 27.7. The number of carboxylic acid groups (broad SMARTS) is 1. The van der Waals surface area contributed by atoms with Gasteiger partial charge in [-0.2, -0.15) is 0 Å². The Morgan fingerprint density at radius 2 is 0.759 bits per heavy atom. The smallest absolute Gasteiger partial charge is 0.303 e. The molecule has 0 aromatic rings. The van der Waals surface area contributed by atoms with Gasteiger partial charge in [0.1, 0.15) is 0 Å². The minimum Gasteiger partial charge on any atom is -0.481 e. The monoisotopic (exact) mass is 414 g/mol. The zero-order valence-electron chi connectivity index (χ0n) is 20.1. The van der Waals surface area contributed by atoms with Crippen LogP contribution < -0.4 is 0 Å². The standard InChI is InChI=1S/C16H32O2.C10H22O/c1-2-3-4-5-6-7-8-9-10-11-12-13-14-15-16(17)18;1-2-3-4-5-6-7-8-9-10-11/h2-15H2,1H3,(H,17,18);11H,2-10H2,1H3. The molecule has 0 rings (SSSR count). The van der Waals surface area contributed by atoms with Crippen molar-refractivity contribution >= 4 is 5.97 Å². The average molecular weight is 415 g/mol. The zero-order chi connectivity index (χ0) is 21.8. The van der Waals surface area contributed by atoms with Crippen molar-refractivity contribution in [2.45, 2.75) is 155 Å². The summed E-state index contributed by atoms with van der Waals surface area (Å²) in [4.78, 5) is 10.3. The number of carbonyl (C=O) groups is 1. The second-order valence-electron chi connectivity index (χ2n) is 8.58. The molecule has 0 radical (unpaired) electrons. The van der Waals surface area contributed by atoms with E-state index in [9.17, 15) is 4.79 Å². The van der Waals surface area contributed by atoms with Crippen LogP contribution in [0.5, 0.6) is 0 Å². The van der Waals surface area contributed by atoms with Gasteiger partial charge in [0.25, 0.3) is 0 Å². The summed E-state index contributed by atoms with van der Waals surface area (Å²) in [7, 11) is 0. The Kier molecular flexibility index (Phi) is 31.3. The van der Waals surface area contributed by atoms with E-state index < -0.39 is 5.97 Å². The molecule has 0 aromatic carbocycles. The number of hydrogen-bond donors (Lipinski definition) is 2. The molecule has 0 amide bonds. The van der Waals surface area contributed by atoms with Crippen molar-refractivity contribution in [2.24, 2.45) is 0 Å². The number of unbranched alkanes of at least 4 members (excludes halogenated alkanes) is 19. The molecule has 0 saturated heterocycles. The van der Waals surface area contributed by atoms with E-state index in [-0.39, 0.29) is 0 Å². The third-order valence-electron chi connectivity index (χ3n) is 5.51. The lowest BCUT2D eigenvalue weighted by molar-refractivity contribution is -0.137. The third-order valence-corrected chi connectivity index (χ3v) is 5.51. The highest BCUT2D eigenvalue weighted by Crippen LogP contribution is 2.12. The van der Waals surface area contributed by atoms with Crippen LogP contribution in [0.2, 0.25) is 0 Å². The van der Waals surface area contributed by atoms with Gasteiger partial charge in [-0.1, -0.05) is 136 Å². The lowest BCUT2D eigenvalue weighted by Gasteiger charge is -2.02. The van der Waals surface area contributed by atoms with Gasteiger partial charge in [0.2, 0.25) is 0 Å². The van der Waals surface area contributed by atoms with Crippen LogP contribution in [0.3, 0.4) is 0 Å². The molecule has 0 aromatic heterocycles. The first-order valence-electron chi connectivity index (χ1n) is 13.0. The Morgan fingerprint density at radius 1 is 0.483 bits per heavy atom. The average Bonchev–Trinajstić information content (AvgIpc) is 2.71. The van der Waals surface area contributed by atoms with Gasteiger partial charge in [-0.15, -0.1) is 0 Å². The van der Waals surface area contributed by atoms with E-state index in [1.54, 1.807) is 0 Å². The van der Waals surface area contributed by atoms with Crippen molar-refractivity contribution in [1.29, 1.82) is 0 Å². The molecule has 0 heterocycles. The van der Waals surface area contributed by atoms with Gasteiger partial charge in [-0.3, -0.25) is 4.79 Å². The normalized spacial score (nSPS) is 10.6. The Morgan fingerprint density at radius 3 is 1.03 bits per heavy atom. The van der Waals surface area contributed by atoms with Crippen molar-refractivity contribution in [2.75, 3.05) is 6.61 Å². The highest BCUT2D eigenvalue weighted by atomic mass is 16.4. The first kappa shape index (κ1) is 30.6. The van der Waals surface area contributed by atoms with Crippen LogP contribution in [0.4, 0.5) is 0 Å². The minimum absolute atomic E-state index is 0.345. The fourth-order valence-electron chi connectivity index (χ4n) is 3.54. The van der Waals surface area contributed by atoms with Crippen LogP contribution in [0.25, 0.3) is 0 Å². The SMILES string of the molecule is CCCCCCCCCCCCCCCC(=O)O.CCCCCCCCCCO. The number of rotatable bonds is 22. The predicted molar refractivity (Wildman–Crippen MR) is 128 cm³/mol. The Bertz CT molecular complexity index is 284. The lowest BCUT2D eigenvalue weighted by Crippen LogP contribution is -1.93. The summed E-state index contributed by atoms with van der Waals surface area (Å²) in [5.74, 6) is -0.655. The highest BCUT2D eigenvalue weighted by Gasteiger charge is 1.97. The molecule has 29 heavy (non-hydrogen) atoms. The maximum absolute atomic E-state index is 10.3. The quantitative estimate of drug-likeness (QED) is 0.174. The summed E-state index contributed by atoms with van der Waals surface area (Å²) >= 11 is 0. The summed E-state index contributed by atoms with van der Waals surface area (Å²) in [5.41, 5.74) is 0. The lowest BCUT2D eigenvalue weighted by atomic mass is 10.0. The maximum Gasteiger partial charge on any atom is 0.303 e. The molecular formula is C26H54O3. The first-order chi connectivity index (χ1) is 14.2. The minimum atomic E-state index is -0.655. The largest absolute Gasteiger partial charge is 0.481 e. The molecule has 0 aliphatic carbocycles. The fourth-order valence-corrected chi connectivity index (χ4v) is 3.54. The summed E-state index contributed by atoms with van der Waals surface area (Å²) < 4.78 is 0. The van der Waals surface area contributed by atoms with Gasteiger partial charge < -0.3 is 10.2 Å². The second-order valence-corrected chi connectivity index (χ2v) is 8.58. The van der Waals surface area contributed by atoms with Crippen molar-refractivity contribution in [3.8, 4) is 0 Å². The van der Waals surface area contributed by atoms with Gasteiger partial charge in [-0.25, -0.2) is 0 Å². The molecule has 176 valence electrons. The molecule has 0 unspecified atom stereocenters. The number of aliphatic carboxylic acids is 1. The number of aliphatic hydroxyl groups is 1.